The summed E-state index contributed by atoms with van der Waals surface area (Å²) in [5.41, 5.74) is 3.37. The van der Waals surface area contributed by atoms with Gasteiger partial charge in [0.25, 0.3) is 0 Å². The van der Waals surface area contributed by atoms with Crippen LogP contribution in [0.3, 0.4) is 0 Å². The predicted octanol–water partition coefficient (Wildman–Crippen LogP) is 1.08. The Morgan fingerprint density at radius 1 is 1.14 bits per heavy atom. The van der Waals surface area contributed by atoms with Gasteiger partial charge in [-0.25, -0.2) is 0 Å². The highest BCUT2D eigenvalue weighted by atomic mass is 16.4. The Morgan fingerprint density at radius 2 is 1.93 bits per heavy atom. The lowest BCUT2D eigenvalue weighted by molar-refractivity contribution is -0.130. The van der Waals surface area contributed by atoms with Crippen molar-refractivity contribution in [3.8, 4) is 0 Å². The number of aryl methyl sites for hydroxylation is 1. The van der Waals surface area contributed by atoms with Crippen molar-refractivity contribution < 1.29 is 19.6 Å². The van der Waals surface area contributed by atoms with Gasteiger partial charge in [-0.1, -0.05) is 42.5 Å². The maximum Gasteiger partial charge on any atom is 0.488 e. The Morgan fingerprint density at radius 3 is 2.71 bits per heavy atom. The first-order valence-corrected chi connectivity index (χ1v) is 9.53. The van der Waals surface area contributed by atoms with Crippen LogP contribution in [-0.4, -0.2) is 47.5 Å². The molecular formula is C21H25BN2O4. The number of fused-ring (bicyclic) bond motifs is 1. The summed E-state index contributed by atoms with van der Waals surface area (Å²) in [4.78, 5) is 28.2. The van der Waals surface area contributed by atoms with Crippen molar-refractivity contribution in [1.82, 2.24) is 4.90 Å². The van der Waals surface area contributed by atoms with Crippen molar-refractivity contribution in [1.29, 1.82) is 0 Å². The molecule has 6 nitrogen and oxygen atoms in total. The van der Waals surface area contributed by atoms with Crippen LogP contribution >= 0.6 is 0 Å². The number of hydrogen-bond acceptors (Lipinski definition) is 4. The summed E-state index contributed by atoms with van der Waals surface area (Å²) in [6.07, 6.45) is 2.23. The summed E-state index contributed by atoms with van der Waals surface area (Å²) < 4.78 is 0. The highest BCUT2D eigenvalue weighted by molar-refractivity contribution is 6.58. The molecular weight excluding hydrogens is 355 g/mol. The molecule has 0 spiro atoms. The van der Waals surface area contributed by atoms with E-state index in [-0.39, 0.29) is 11.8 Å². The topological polar surface area (TPSA) is 81.1 Å². The highest BCUT2D eigenvalue weighted by Crippen LogP contribution is 2.27. The summed E-state index contributed by atoms with van der Waals surface area (Å²) in [5, 5.41) is 18.5. The number of amides is 2. The summed E-state index contributed by atoms with van der Waals surface area (Å²) in [5.74, 6) is 0.103. The van der Waals surface area contributed by atoms with Crippen LogP contribution in [0.15, 0.2) is 48.5 Å². The van der Waals surface area contributed by atoms with Crippen LogP contribution < -0.4 is 10.4 Å². The lowest BCUT2D eigenvalue weighted by Crippen LogP contribution is -2.36. The molecule has 0 radical (unpaired) electrons. The number of carbonyl (C=O) groups is 2. The first-order valence-electron chi connectivity index (χ1n) is 9.53. The molecule has 7 heteroatoms. The van der Waals surface area contributed by atoms with E-state index >= 15 is 0 Å². The van der Waals surface area contributed by atoms with E-state index in [4.69, 9.17) is 0 Å². The minimum atomic E-state index is -1.52. The van der Waals surface area contributed by atoms with Crippen molar-refractivity contribution >= 4 is 30.1 Å². The molecule has 28 heavy (non-hydrogen) atoms. The van der Waals surface area contributed by atoms with E-state index in [9.17, 15) is 19.6 Å². The predicted molar refractivity (Wildman–Crippen MR) is 109 cm³/mol. The third kappa shape index (κ3) is 4.80. The SMILES string of the molecule is CN(Cc1cccc(B(O)O)c1)C(=O)CCCN1C(=O)CCc2ccccc21. The van der Waals surface area contributed by atoms with Gasteiger partial charge in [0, 0.05) is 38.7 Å². The summed E-state index contributed by atoms with van der Waals surface area (Å²) in [6.45, 7) is 0.923. The third-order valence-corrected chi connectivity index (χ3v) is 5.06. The van der Waals surface area contributed by atoms with Crippen LogP contribution in [0.25, 0.3) is 0 Å². The number of rotatable bonds is 7. The maximum atomic E-state index is 12.5. The van der Waals surface area contributed by atoms with Gasteiger partial charge in [0.15, 0.2) is 0 Å². The Kier molecular flexibility index (Phi) is 6.49. The highest BCUT2D eigenvalue weighted by Gasteiger charge is 2.23. The van der Waals surface area contributed by atoms with Gasteiger partial charge in [0.05, 0.1) is 0 Å². The lowest BCUT2D eigenvalue weighted by Gasteiger charge is -2.29. The smallest absolute Gasteiger partial charge is 0.423 e. The van der Waals surface area contributed by atoms with Crippen LogP contribution in [-0.2, 0) is 22.6 Å². The second kappa shape index (κ2) is 9.04. The van der Waals surface area contributed by atoms with E-state index in [1.54, 1.807) is 35.0 Å². The lowest BCUT2D eigenvalue weighted by atomic mass is 9.79. The van der Waals surface area contributed by atoms with Gasteiger partial charge in [-0.05, 0) is 35.5 Å². The fourth-order valence-corrected chi connectivity index (χ4v) is 3.53. The van der Waals surface area contributed by atoms with Crippen molar-refractivity contribution in [2.45, 2.75) is 32.2 Å². The molecule has 1 aliphatic rings. The fraction of sp³-hybridized carbons (Fsp3) is 0.333. The first-order chi connectivity index (χ1) is 13.5. The summed E-state index contributed by atoms with van der Waals surface area (Å²) >= 11 is 0. The molecule has 146 valence electrons. The van der Waals surface area contributed by atoms with Crippen LogP contribution in [0.2, 0.25) is 0 Å². The zero-order chi connectivity index (χ0) is 20.1. The van der Waals surface area contributed by atoms with E-state index in [1.165, 1.54) is 5.56 Å². The molecule has 0 saturated heterocycles. The Bertz CT molecular complexity index is 856. The summed E-state index contributed by atoms with van der Waals surface area (Å²) in [7, 11) is 0.206. The number of anilines is 1. The molecule has 0 aromatic heterocycles. The minimum Gasteiger partial charge on any atom is -0.423 e. The molecule has 1 heterocycles. The number of hydrogen-bond donors (Lipinski definition) is 2. The standard InChI is InChI=1S/C21H25BN2O4/c1-23(15-16-6-4-8-18(14-16)22(27)28)20(25)10-5-13-24-19-9-3-2-7-17(19)11-12-21(24)26/h2-4,6-9,14,27-28H,5,10-13,15H2,1H3. The van der Waals surface area contributed by atoms with Gasteiger partial charge < -0.3 is 19.8 Å². The van der Waals surface area contributed by atoms with Gasteiger partial charge in [0.2, 0.25) is 11.8 Å². The molecule has 3 rings (SSSR count). The Balaban J connectivity index is 1.53. The molecule has 0 unspecified atom stereocenters. The molecule has 0 bridgehead atoms. The molecule has 0 atom stereocenters. The maximum absolute atomic E-state index is 12.5. The fourth-order valence-electron chi connectivity index (χ4n) is 3.53. The van der Waals surface area contributed by atoms with Gasteiger partial charge in [-0.2, -0.15) is 0 Å². The largest absolute Gasteiger partial charge is 0.488 e. The normalized spacial score (nSPS) is 13.2. The molecule has 0 aliphatic carbocycles. The van der Waals surface area contributed by atoms with Crippen molar-refractivity contribution in [3.63, 3.8) is 0 Å². The first kappa shape index (κ1) is 20.1. The molecule has 2 N–H and O–H groups in total. The zero-order valence-electron chi connectivity index (χ0n) is 16.0. The van der Waals surface area contributed by atoms with E-state index in [0.29, 0.717) is 37.8 Å². The van der Waals surface area contributed by atoms with E-state index in [1.807, 2.05) is 30.3 Å². The van der Waals surface area contributed by atoms with Gasteiger partial charge in [-0.15, -0.1) is 0 Å². The second-order valence-electron chi connectivity index (χ2n) is 7.15. The van der Waals surface area contributed by atoms with Crippen molar-refractivity contribution in [2.75, 3.05) is 18.5 Å². The van der Waals surface area contributed by atoms with Crippen LogP contribution in [0.4, 0.5) is 5.69 Å². The number of benzene rings is 2. The number of para-hydroxylation sites is 1. The van der Waals surface area contributed by atoms with Crippen molar-refractivity contribution in [2.24, 2.45) is 0 Å². The molecule has 0 saturated carbocycles. The van der Waals surface area contributed by atoms with Crippen molar-refractivity contribution in [3.05, 3.63) is 59.7 Å². The van der Waals surface area contributed by atoms with Crippen LogP contribution in [0.1, 0.15) is 30.4 Å². The quantitative estimate of drug-likeness (QED) is 0.705. The molecule has 2 aromatic carbocycles. The molecule has 0 fully saturated rings. The average molecular weight is 380 g/mol. The zero-order valence-corrected chi connectivity index (χ0v) is 16.0. The monoisotopic (exact) mass is 380 g/mol. The van der Waals surface area contributed by atoms with Crippen LogP contribution in [0.5, 0.6) is 0 Å². The van der Waals surface area contributed by atoms with Gasteiger partial charge in [-0.3, -0.25) is 9.59 Å². The molecule has 2 aromatic rings. The minimum absolute atomic E-state index is 0.00677. The molecule has 1 aliphatic heterocycles. The van der Waals surface area contributed by atoms with Gasteiger partial charge in [0.1, 0.15) is 0 Å². The number of carbonyl (C=O) groups excluding carboxylic acids is 2. The second-order valence-corrected chi connectivity index (χ2v) is 7.15. The van der Waals surface area contributed by atoms with E-state index in [2.05, 4.69) is 0 Å². The molecule has 2 amide bonds. The van der Waals surface area contributed by atoms with Gasteiger partial charge >= 0.3 is 7.12 Å². The third-order valence-electron chi connectivity index (χ3n) is 5.06. The van der Waals surface area contributed by atoms with E-state index in [0.717, 1.165) is 17.7 Å². The van der Waals surface area contributed by atoms with Crippen LogP contribution in [0, 0.1) is 0 Å². The number of nitrogens with zero attached hydrogens (tertiary/aromatic N) is 2. The van der Waals surface area contributed by atoms with E-state index < -0.39 is 7.12 Å². The average Bonchev–Trinajstić information content (AvgIpc) is 2.69. The Hall–Kier alpha value is -2.64. The Labute approximate surface area is 165 Å². The summed E-state index contributed by atoms with van der Waals surface area (Å²) in [6, 6.07) is 14.8.